The molecule has 2 unspecified atom stereocenters. The van der Waals surface area contributed by atoms with Crippen molar-refractivity contribution in [1.29, 1.82) is 0 Å². The Hall–Kier alpha value is -2.85. The Morgan fingerprint density at radius 1 is 1.21 bits per heavy atom. The second-order valence-electron chi connectivity index (χ2n) is 7.89. The fraction of sp³-hybridized carbons (Fsp3) is 0.348. The molecular weight excluding hydrogens is 479 g/mol. The van der Waals surface area contributed by atoms with E-state index in [2.05, 4.69) is 32.5 Å². The number of benzene rings is 1. The van der Waals surface area contributed by atoms with Crippen molar-refractivity contribution in [1.82, 2.24) is 25.2 Å². The molecule has 11 heteroatoms. The van der Waals surface area contributed by atoms with E-state index in [1.165, 1.54) is 18.8 Å². The number of hydrogen-bond donors (Lipinski definition) is 3. The third-order valence-electron chi connectivity index (χ3n) is 5.84. The highest BCUT2D eigenvalue weighted by molar-refractivity contribution is 6.41. The lowest BCUT2D eigenvalue weighted by Gasteiger charge is -2.21. The van der Waals surface area contributed by atoms with E-state index in [9.17, 15) is 4.79 Å². The number of fused-ring (bicyclic) bond motifs is 1. The van der Waals surface area contributed by atoms with Crippen LogP contribution in [0.1, 0.15) is 0 Å². The number of hydrogen-bond acceptors (Lipinski definition) is 8. The fourth-order valence-corrected chi connectivity index (χ4v) is 4.77. The molecule has 3 heterocycles. The first-order valence-electron chi connectivity index (χ1n) is 10.7. The topological polar surface area (TPSA) is 102 Å². The van der Waals surface area contributed by atoms with Crippen molar-refractivity contribution in [3.8, 4) is 22.6 Å². The number of pyridine rings is 1. The van der Waals surface area contributed by atoms with Gasteiger partial charge in [0.25, 0.3) is 5.56 Å². The quantitative estimate of drug-likeness (QED) is 0.402. The summed E-state index contributed by atoms with van der Waals surface area (Å²) in [4.78, 5) is 22.5. The maximum absolute atomic E-state index is 13.4. The highest BCUT2D eigenvalue weighted by atomic mass is 35.5. The highest BCUT2D eigenvalue weighted by Crippen LogP contribution is 2.45. The van der Waals surface area contributed by atoms with E-state index < -0.39 is 0 Å². The molecule has 1 aromatic carbocycles. The van der Waals surface area contributed by atoms with Gasteiger partial charge in [-0.25, -0.2) is 4.98 Å². The highest BCUT2D eigenvalue weighted by Gasteiger charge is 2.27. The Morgan fingerprint density at radius 3 is 2.53 bits per heavy atom. The Balaban J connectivity index is 1.76. The zero-order valence-electron chi connectivity index (χ0n) is 19.1. The van der Waals surface area contributed by atoms with E-state index in [-0.39, 0.29) is 27.7 Å². The van der Waals surface area contributed by atoms with E-state index in [0.717, 1.165) is 13.1 Å². The number of aryl methyl sites for hydroxylation is 1. The summed E-state index contributed by atoms with van der Waals surface area (Å²) in [6, 6.07) is 3.56. The smallest absolute Gasteiger partial charge is 0.259 e. The third-order valence-corrected chi connectivity index (χ3v) is 6.60. The monoisotopic (exact) mass is 504 g/mol. The van der Waals surface area contributed by atoms with Crippen molar-refractivity contribution in [2.24, 2.45) is 7.05 Å². The van der Waals surface area contributed by atoms with Crippen molar-refractivity contribution in [3.63, 3.8) is 0 Å². The minimum atomic E-state index is -0.315. The lowest BCUT2D eigenvalue weighted by molar-refractivity contribution is 0.395. The van der Waals surface area contributed by atoms with Gasteiger partial charge >= 0.3 is 0 Å². The number of rotatable bonds is 8. The molecule has 4 rings (SSSR count). The van der Waals surface area contributed by atoms with Gasteiger partial charge in [0.2, 0.25) is 5.95 Å². The SMILES string of the molecule is C=CCNC1CNCC1Nc1ncc2cc(-c3c(Cl)c(OC)cc(OC)c3Cl)c(=O)n(C)c2n1. The Kier molecular flexibility index (Phi) is 7.27. The average Bonchev–Trinajstić information content (AvgIpc) is 3.28. The van der Waals surface area contributed by atoms with E-state index in [1.54, 1.807) is 25.4 Å². The van der Waals surface area contributed by atoms with Crippen molar-refractivity contribution in [3.05, 3.63) is 51.4 Å². The lowest BCUT2D eigenvalue weighted by Crippen LogP contribution is -2.43. The van der Waals surface area contributed by atoms with Crippen LogP contribution in [0, 0.1) is 0 Å². The van der Waals surface area contributed by atoms with Crippen LogP contribution in [0.4, 0.5) is 5.95 Å². The number of halogens is 2. The second kappa shape index (κ2) is 10.2. The van der Waals surface area contributed by atoms with E-state index in [0.29, 0.717) is 46.2 Å². The van der Waals surface area contributed by atoms with Gasteiger partial charge in [0.05, 0.1) is 35.9 Å². The fourth-order valence-electron chi connectivity index (χ4n) is 4.06. The van der Waals surface area contributed by atoms with Crippen molar-refractivity contribution < 1.29 is 9.47 Å². The molecule has 0 amide bonds. The number of ether oxygens (including phenoxy) is 2. The summed E-state index contributed by atoms with van der Waals surface area (Å²) in [6.07, 6.45) is 3.49. The van der Waals surface area contributed by atoms with E-state index in [4.69, 9.17) is 32.7 Å². The van der Waals surface area contributed by atoms with Crippen LogP contribution in [0.5, 0.6) is 11.5 Å². The molecule has 3 aromatic rings. The predicted octanol–water partition coefficient (Wildman–Crippen LogP) is 2.85. The molecule has 2 aromatic heterocycles. The largest absolute Gasteiger partial charge is 0.495 e. The first kappa shape index (κ1) is 24.3. The normalized spacial score (nSPS) is 17.7. The van der Waals surface area contributed by atoms with Crippen LogP contribution in [0.2, 0.25) is 10.0 Å². The standard InChI is InChI=1S/C23H26Cl2N6O3/c1-5-6-27-14-10-26-11-15(14)29-23-28-9-12-7-13(22(32)31(2)21(12)30-23)18-19(24)16(33-3)8-17(34-4)20(18)25/h5,7-9,14-15,26-27H,1,6,10-11H2,2-4H3,(H,28,29,30). The molecule has 0 aliphatic carbocycles. The van der Waals surface area contributed by atoms with Gasteiger partial charge in [-0.15, -0.1) is 6.58 Å². The van der Waals surface area contributed by atoms with Gasteiger partial charge in [-0.05, 0) is 6.07 Å². The molecule has 0 spiro atoms. The summed E-state index contributed by atoms with van der Waals surface area (Å²) in [5.41, 5.74) is 0.789. The van der Waals surface area contributed by atoms with Crippen LogP contribution in [0.15, 0.2) is 35.8 Å². The van der Waals surface area contributed by atoms with Crippen LogP contribution >= 0.6 is 23.2 Å². The molecule has 1 aliphatic heterocycles. The van der Waals surface area contributed by atoms with Gasteiger partial charge in [-0.3, -0.25) is 9.36 Å². The average molecular weight is 505 g/mol. The Bertz CT molecular complexity index is 1270. The molecule has 3 N–H and O–H groups in total. The number of nitrogens with one attached hydrogen (secondary N) is 3. The number of anilines is 1. The molecule has 2 atom stereocenters. The van der Waals surface area contributed by atoms with E-state index in [1.807, 2.05) is 6.08 Å². The molecule has 0 bridgehead atoms. The molecule has 34 heavy (non-hydrogen) atoms. The first-order chi connectivity index (χ1) is 16.4. The van der Waals surface area contributed by atoms with Crippen molar-refractivity contribution in [2.75, 3.05) is 39.2 Å². The van der Waals surface area contributed by atoms with Crippen molar-refractivity contribution >= 4 is 40.2 Å². The summed E-state index contributed by atoms with van der Waals surface area (Å²) in [5.74, 6) is 1.13. The summed E-state index contributed by atoms with van der Waals surface area (Å²) in [7, 11) is 4.61. The van der Waals surface area contributed by atoms with Gasteiger partial charge < -0.3 is 25.4 Å². The molecular formula is C23H26Cl2N6O3. The van der Waals surface area contributed by atoms with E-state index >= 15 is 0 Å². The molecule has 1 saturated heterocycles. The number of nitrogens with zero attached hydrogens (tertiary/aromatic N) is 3. The van der Waals surface area contributed by atoms with Gasteiger partial charge in [-0.1, -0.05) is 29.3 Å². The summed E-state index contributed by atoms with van der Waals surface area (Å²) >= 11 is 13.1. The van der Waals surface area contributed by atoms with Gasteiger partial charge in [0, 0.05) is 55.9 Å². The van der Waals surface area contributed by atoms with Crippen LogP contribution < -0.4 is 31.0 Å². The predicted molar refractivity (Wildman–Crippen MR) is 136 cm³/mol. The van der Waals surface area contributed by atoms with Crippen LogP contribution in [0.3, 0.4) is 0 Å². The second-order valence-corrected chi connectivity index (χ2v) is 8.65. The molecule has 9 nitrogen and oxygen atoms in total. The molecule has 1 aliphatic rings. The van der Waals surface area contributed by atoms with Gasteiger partial charge in [-0.2, -0.15) is 4.98 Å². The zero-order chi connectivity index (χ0) is 24.4. The number of methoxy groups -OCH3 is 2. The maximum Gasteiger partial charge on any atom is 0.259 e. The first-order valence-corrected chi connectivity index (χ1v) is 11.4. The summed E-state index contributed by atoms with van der Waals surface area (Å²) in [5, 5.41) is 11.2. The molecule has 1 fully saturated rings. The third kappa shape index (κ3) is 4.44. The van der Waals surface area contributed by atoms with Crippen molar-refractivity contribution in [2.45, 2.75) is 12.1 Å². The maximum atomic E-state index is 13.4. The summed E-state index contributed by atoms with van der Waals surface area (Å²) < 4.78 is 12.1. The van der Waals surface area contributed by atoms with Crippen LogP contribution in [-0.4, -0.2) is 60.5 Å². The summed E-state index contributed by atoms with van der Waals surface area (Å²) in [6.45, 7) is 6.05. The minimum Gasteiger partial charge on any atom is -0.495 e. The van der Waals surface area contributed by atoms with Gasteiger partial charge in [0.1, 0.15) is 17.1 Å². The van der Waals surface area contributed by atoms with Crippen LogP contribution in [0.25, 0.3) is 22.2 Å². The zero-order valence-corrected chi connectivity index (χ0v) is 20.6. The Labute approximate surface area is 207 Å². The minimum absolute atomic E-state index is 0.0931. The number of aromatic nitrogens is 3. The molecule has 180 valence electrons. The lowest BCUT2D eigenvalue weighted by atomic mass is 10.0. The van der Waals surface area contributed by atoms with Crippen LogP contribution in [-0.2, 0) is 7.05 Å². The molecule has 0 radical (unpaired) electrons. The Morgan fingerprint density at radius 2 is 1.88 bits per heavy atom. The van der Waals surface area contributed by atoms with Gasteiger partial charge in [0.15, 0.2) is 0 Å². The molecule has 0 saturated carbocycles.